The summed E-state index contributed by atoms with van der Waals surface area (Å²) in [7, 11) is 5.08. The van der Waals surface area contributed by atoms with Gasteiger partial charge in [-0.3, -0.25) is 0 Å². The van der Waals surface area contributed by atoms with Crippen molar-refractivity contribution in [1.29, 1.82) is 0 Å². The van der Waals surface area contributed by atoms with Crippen LogP contribution in [0.25, 0.3) is 0 Å². The van der Waals surface area contributed by atoms with Crippen molar-refractivity contribution in [3.8, 4) is 0 Å². The lowest BCUT2D eigenvalue weighted by Crippen LogP contribution is -2.12. The van der Waals surface area contributed by atoms with Gasteiger partial charge in [-0.05, 0) is 23.8 Å². The number of rotatable bonds is 4. The van der Waals surface area contributed by atoms with Gasteiger partial charge < -0.3 is 9.64 Å². The minimum absolute atomic E-state index is 0.196. The molecule has 0 heterocycles. The second-order valence-electron chi connectivity index (χ2n) is 3.64. The standard InChI is InChI=1S/C12H14N2O3/c1-14(2)11-5-4-9(12(16)17-3)6-10(11)7-13-8-15/h4-6H,7H2,1-3H3. The highest BCUT2D eigenvalue weighted by atomic mass is 16.5. The second kappa shape index (κ2) is 5.82. The molecule has 90 valence electrons. The van der Waals surface area contributed by atoms with Crippen molar-refractivity contribution in [3.63, 3.8) is 0 Å². The number of hydrogen-bond acceptors (Lipinski definition) is 5. The lowest BCUT2D eigenvalue weighted by Gasteiger charge is -2.16. The number of nitrogens with zero attached hydrogens (tertiary/aromatic N) is 2. The Kier molecular flexibility index (Phi) is 4.43. The molecule has 17 heavy (non-hydrogen) atoms. The fraction of sp³-hybridized carbons (Fsp3) is 0.333. The Morgan fingerprint density at radius 1 is 1.47 bits per heavy atom. The molecule has 0 aliphatic carbocycles. The number of ether oxygens (including phenoxy) is 1. The second-order valence-corrected chi connectivity index (χ2v) is 3.64. The van der Waals surface area contributed by atoms with Gasteiger partial charge in [0.15, 0.2) is 0 Å². The van der Waals surface area contributed by atoms with Gasteiger partial charge in [-0.15, -0.1) is 0 Å². The van der Waals surface area contributed by atoms with E-state index in [2.05, 4.69) is 9.73 Å². The number of isocyanates is 1. The van der Waals surface area contributed by atoms with E-state index < -0.39 is 5.97 Å². The molecule has 0 aromatic heterocycles. The lowest BCUT2D eigenvalue weighted by atomic mass is 10.1. The predicted molar refractivity (Wildman–Crippen MR) is 63.9 cm³/mol. The van der Waals surface area contributed by atoms with E-state index in [0.29, 0.717) is 5.56 Å². The highest BCUT2D eigenvalue weighted by Crippen LogP contribution is 2.21. The zero-order chi connectivity index (χ0) is 12.8. The third kappa shape index (κ3) is 3.16. The highest BCUT2D eigenvalue weighted by molar-refractivity contribution is 5.90. The zero-order valence-corrected chi connectivity index (χ0v) is 10.1. The van der Waals surface area contributed by atoms with Gasteiger partial charge in [-0.1, -0.05) is 0 Å². The Bertz CT molecular complexity index is 463. The van der Waals surface area contributed by atoms with Gasteiger partial charge in [0.2, 0.25) is 6.08 Å². The Balaban J connectivity index is 3.18. The van der Waals surface area contributed by atoms with Crippen molar-refractivity contribution in [2.75, 3.05) is 26.1 Å². The third-order valence-electron chi connectivity index (χ3n) is 2.30. The number of carbonyl (C=O) groups is 1. The van der Waals surface area contributed by atoms with Crippen molar-refractivity contribution in [2.45, 2.75) is 6.54 Å². The number of carbonyl (C=O) groups excluding carboxylic acids is 2. The Morgan fingerprint density at radius 2 is 2.18 bits per heavy atom. The van der Waals surface area contributed by atoms with Crippen LogP contribution in [0.15, 0.2) is 23.2 Å². The van der Waals surface area contributed by atoms with Gasteiger partial charge in [-0.25, -0.2) is 14.6 Å². The summed E-state index contributed by atoms with van der Waals surface area (Å²) < 4.78 is 4.64. The van der Waals surface area contributed by atoms with Gasteiger partial charge >= 0.3 is 5.97 Å². The molecule has 0 aliphatic heterocycles. The average molecular weight is 234 g/mol. The quantitative estimate of drug-likeness (QED) is 0.448. The number of esters is 1. The van der Waals surface area contributed by atoms with E-state index in [1.807, 2.05) is 19.0 Å². The van der Waals surface area contributed by atoms with Crippen LogP contribution in [-0.4, -0.2) is 33.3 Å². The van der Waals surface area contributed by atoms with E-state index in [1.54, 1.807) is 18.2 Å². The van der Waals surface area contributed by atoms with Gasteiger partial charge in [0.1, 0.15) is 0 Å². The van der Waals surface area contributed by atoms with Crippen LogP contribution in [-0.2, 0) is 16.1 Å². The molecule has 0 aliphatic rings. The summed E-state index contributed by atoms with van der Waals surface area (Å²) in [4.78, 5) is 26.9. The van der Waals surface area contributed by atoms with E-state index in [0.717, 1.165) is 11.3 Å². The maximum atomic E-state index is 11.4. The first kappa shape index (κ1) is 12.9. The summed E-state index contributed by atoms with van der Waals surface area (Å²) in [6.45, 7) is 0.196. The van der Waals surface area contributed by atoms with E-state index in [-0.39, 0.29) is 6.54 Å². The molecule has 0 saturated carbocycles. The maximum Gasteiger partial charge on any atom is 0.337 e. The third-order valence-corrected chi connectivity index (χ3v) is 2.30. The van der Waals surface area contributed by atoms with Crippen LogP contribution in [0.1, 0.15) is 15.9 Å². The van der Waals surface area contributed by atoms with Crippen LogP contribution in [0, 0.1) is 0 Å². The molecule has 5 nitrogen and oxygen atoms in total. The van der Waals surface area contributed by atoms with Crippen LogP contribution < -0.4 is 4.90 Å². The first-order valence-electron chi connectivity index (χ1n) is 5.02. The molecule has 0 bridgehead atoms. The average Bonchev–Trinajstić information content (AvgIpc) is 2.34. The van der Waals surface area contributed by atoms with Crippen molar-refractivity contribution in [1.82, 2.24) is 0 Å². The fourth-order valence-electron chi connectivity index (χ4n) is 1.51. The number of hydrogen-bond donors (Lipinski definition) is 0. The molecule has 1 aromatic carbocycles. The molecule has 0 unspecified atom stereocenters. The van der Waals surface area contributed by atoms with Gasteiger partial charge in [0.05, 0.1) is 19.2 Å². The number of aliphatic imine (C=N–C) groups is 1. The zero-order valence-electron chi connectivity index (χ0n) is 10.1. The summed E-state index contributed by atoms with van der Waals surface area (Å²) in [5.74, 6) is -0.411. The maximum absolute atomic E-state index is 11.4. The SMILES string of the molecule is COC(=O)c1ccc(N(C)C)c(CN=C=O)c1. The largest absolute Gasteiger partial charge is 0.465 e. The number of benzene rings is 1. The van der Waals surface area contributed by atoms with Gasteiger partial charge in [-0.2, -0.15) is 0 Å². The molecule has 5 heteroatoms. The molecule has 0 spiro atoms. The van der Waals surface area contributed by atoms with Crippen LogP contribution in [0.5, 0.6) is 0 Å². The van der Waals surface area contributed by atoms with E-state index in [1.165, 1.54) is 13.2 Å². The normalized spacial score (nSPS) is 9.35. The summed E-state index contributed by atoms with van der Waals surface area (Å²) >= 11 is 0. The molecular weight excluding hydrogens is 220 g/mol. The molecule has 0 atom stereocenters. The summed E-state index contributed by atoms with van der Waals surface area (Å²) in [6.07, 6.45) is 1.49. The minimum Gasteiger partial charge on any atom is -0.465 e. The van der Waals surface area contributed by atoms with Crippen molar-refractivity contribution in [2.24, 2.45) is 4.99 Å². The van der Waals surface area contributed by atoms with Gasteiger partial charge in [0.25, 0.3) is 0 Å². The van der Waals surface area contributed by atoms with Crippen molar-refractivity contribution < 1.29 is 14.3 Å². The monoisotopic (exact) mass is 234 g/mol. The lowest BCUT2D eigenvalue weighted by molar-refractivity contribution is 0.0600. The number of methoxy groups -OCH3 is 1. The molecule has 0 fully saturated rings. The molecule has 0 N–H and O–H groups in total. The Labute approximate surface area is 99.7 Å². The van der Waals surface area contributed by atoms with E-state index in [4.69, 9.17) is 0 Å². The topological polar surface area (TPSA) is 59.0 Å². The molecule has 1 aromatic rings. The number of anilines is 1. The Hall–Kier alpha value is -2.13. The van der Waals surface area contributed by atoms with Crippen LogP contribution >= 0.6 is 0 Å². The predicted octanol–water partition coefficient (Wildman–Crippen LogP) is 1.38. The van der Waals surface area contributed by atoms with Crippen LogP contribution in [0.4, 0.5) is 5.69 Å². The first-order chi connectivity index (χ1) is 8.10. The van der Waals surface area contributed by atoms with Crippen LogP contribution in [0.3, 0.4) is 0 Å². The molecule has 0 radical (unpaired) electrons. The van der Waals surface area contributed by atoms with Crippen LogP contribution in [0.2, 0.25) is 0 Å². The Morgan fingerprint density at radius 3 is 2.71 bits per heavy atom. The summed E-state index contributed by atoms with van der Waals surface area (Å²) in [6, 6.07) is 5.14. The smallest absolute Gasteiger partial charge is 0.337 e. The highest BCUT2D eigenvalue weighted by Gasteiger charge is 2.10. The fourth-order valence-corrected chi connectivity index (χ4v) is 1.51. The first-order valence-corrected chi connectivity index (χ1v) is 5.02. The van der Waals surface area contributed by atoms with E-state index in [9.17, 15) is 9.59 Å². The molecule has 0 amide bonds. The minimum atomic E-state index is -0.411. The van der Waals surface area contributed by atoms with Crippen molar-refractivity contribution >= 4 is 17.7 Å². The van der Waals surface area contributed by atoms with Gasteiger partial charge in [0, 0.05) is 19.8 Å². The summed E-state index contributed by atoms with van der Waals surface area (Å²) in [5.41, 5.74) is 2.12. The van der Waals surface area contributed by atoms with Crippen molar-refractivity contribution in [3.05, 3.63) is 29.3 Å². The molecular formula is C12H14N2O3. The molecule has 0 saturated heterocycles. The summed E-state index contributed by atoms with van der Waals surface area (Å²) in [5, 5.41) is 0. The van der Waals surface area contributed by atoms with E-state index >= 15 is 0 Å². The molecule has 1 rings (SSSR count).